The van der Waals surface area contributed by atoms with Crippen molar-refractivity contribution in [2.24, 2.45) is 0 Å². The highest BCUT2D eigenvalue weighted by Crippen LogP contribution is 2.27. The van der Waals surface area contributed by atoms with Gasteiger partial charge in [0.25, 0.3) is 0 Å². The van der Waals surface area contributed by atoms with Crippen molar-refractivity contribution in [3.8, 4) is 24.3 Å². The van der Waals surface area contributed by atoms with Crippen molar-refractivity contribution in [2.45, 2.75) is 26.1 Å². The van der Waals surface area contributed by atoms with E-state index in [1.54, 1.807) is 23.0 Å². The molecular weight excluding hydrogens is 402 g/mol. The number of halogens is 4. The topological polar surface area (TPSA) is 82.8 Å². The maximum absolute atomic E-state index is 12.7. The number of alkyl halides is 4. The Labute approximate surface area is 171 Å². The van der Waals surface area contributed by atoms with Crippen molar-refractivity contribution in [1.29, 1.82) is 0 Å². The van der Waals surface area contributed by atoms with E-state index in [1.807, 2.05) is 0 Å². The Morgan fingerprint density at radius 1 is 1.27 bits per heavy atom. The number of hydrogen-bond acceptors (Lipinski definition) is 5. The van der Waals surface area contributed by atoms with Gasteiger partial charge in [0.05, 0.1) is 25.3 Å². The summed E-state index contributed by atoms with van der Waals surface area (Å²) in [5.74, 6) is 0.576. The summed E-state index contributed by atoms with van der Waals surface area (Å²) in [6.45, 7) is 1.75. The summed E-state index contributed by atoms with van der Waals surface area (Å²) in [6.07, 6.45) is 10.7. The summed E-state index contributed by atoms with van der Waals surface area (Å²) in [5.41, 5.74) is 6.57. The van der Waals surface area contributed by atoms with Crippen LogP contribution in [0.4, 0.5) is 23.5 Å². The van der Waals surface area contributed by atoms with Crippen LogP contribution in [0.1, 0.15) is 13.3 Å². The first-order valence-electron chi connectivity index (χ1n) is 8.53. The van der Waals surface area contributed by atoms with Crippen LogP contribution in [0, 0.1) is 12.8 Å². The quantitative estimate of drug-likeness (QED) is 0.356. The predicted octanol–water partition coefficient (Wildman–Crippen LogP) is 4.96. The zero-order valence-corrected chi connectivity index (χ0v) is 16.4. The van der Waals surface area contributed by atoms with Crippen molar-refractivity contribution in [1.82, 2.24) is 19.5 Å². The number of anilines is 1. The number of nitrogens with two attached hydrogens (primary N) is 1. The van der Waals surface area contributed by atoms with Gasteiger partial charge in [-0.3, -0.25) is 4.39 Å². The summed E-state index contributed by atoms with van der Waals surface area (Å²) in [7, 11) is 0.500. The molecule has 0 radical (unpaired) electrons. The molecule has 3 heterocycles. The lowest BCUT2D eigenvalue weighted by Crippen LogP contribution is -2.09. The minimum absolute atomic E-state index is 0.0643. The second kappa shape index (κ2) is 11.4. The number of aromatic nitrogens is 4. The molecule has 0 saturated heterocycles. The SMILES string of the molecule is C#C.C/C=C(\C=C/CCn1cnc2c(-c3ccco3)nc(N)nc21)C(F)(F)F.CF. The molecule has 0 unspecified atom stereocenters. The molecule has 0 bridgehead atoms. The van der Waals surface area contributed by atoms with E-state index in [4.69, 9.17) is 10.2 Å². The smallest absolute Gasteiger partial charge is 0.416 e. The fraction of sp³-hybridized carbons (Fsp3) is 0.250. The molecule has 0 spiro atoms. The van der Waals surface area contributed by atoms with Gasteiger partial charge in [-0.25, -0.2) is 9.97 Å². The molecule has 0 fully saturated rings. The molecule has 30 heavy (non-hydrogen) atoms. The highest BCUT2D eigenvalue weighted by atomic mass is 19.4. The summed E-state index contributed by atoms with van der Waals surface area (Å²) in [5, 5.41) is 0. The van der Waals surface area contributed by atoms with E-state index >= 15 is 0 Å². The van der Waals surface area contributed by atoms with E-state index in [9.17, 15) is 17.6 Å². The van der Waals surface area contributed by atoms with Crippen molar-refractivity contribution >= 4 is 17.1 Å². The van der Waals surface area contributed by atoms with Crippen LogP contribution in [0.25, 0.3) is 22.6 Å². The molecule has 0 atom stereocenters. The Balaban J connectivity index is 0.00000106. The summed E-state index contributed by atoms with van der Waals surface area (Å²) >= 11 is 0. The monoisotopic (exact) mass is 423 g/mol. The number of imidazole rings is 1. The maximum atomic E-state index is 12.7. The lowest BCUT2D eigenvalue weighted by atomic mass is 10.2. The molecule has 3 rings (SSSR count). The fourth-order valence-electron chi connectivity index (χ4n) is 2.49. The first-order chi connectivity index (χ1) is 14.4. The van der Waals surface area contributed by atoms with E-state index in [-0.39, 0.29) is 5.95 Å². The fourth-order valence-corrected chi connectivity index (χ4v) is 2.49. The number of nitrogen functional groups attached to an aromatic ring is 1. The Bertz CT molecular complexity index is 1000. The highest BCUT2D eigenvalue weighted by molar-refractivity contribution is 5.86. The number of allylic oxidation sites excluding steroid dienone is 4. The van der Waals surface area contributed by atoms with Crippen molar-refractivity contribution in [3.05, 3.63) is 48.5 Å². The van der Waals surface area contributed by atoms with Gasteiger partial charge in [-0.05, 0) is 25.5 Å². The van der Waals surface area contributed by atoms with Gasteiger partial charge in [-0.1, -0.05) is 18.2 Å². The van der Waals surface area contributed by atoms with Crippen molar-refractivity contribution in [2.75, 3.05) is 12.9 Å². The van der Waals surface area contributed by atoms with Crippen molar-refractivity contribution in [3.63, 3.8) is 0 Å². The molecule has 0 amide bonds. The minimum atomic E-state index is -4.35. The second-order valence-electron chi connectivity index (χ2n) is 5.45. The number of terminal acetylenes is 1. The number of aryl methyl sites for hydroxylation is 1. The van der Waals surface area contributed by atoms with Gasteiger partial charge in [0.1, 0.15) is 11.2 Å². The average molecular weight is 423 g/mol. The molecule has 0 saturated carbocycles. The standard InChI is InChI=1S/C17H16F3N5O.C2H2.CH3F/c1-2-11(17(18,19)20)6-3-4-8-25-10-22-14-13(12-7-5-9-26-12)23-16(21)24-15(14)25;2*1-2/h2-3,5-7,9-10H,4,8H2,1H3,(H2,21,23,24);1-2H;1H3/b6-3-,11-2+;;. The van der Waals surface area contributed by atoms with E-state index < -0.39 is 11.7 Å². The maximum Gasteiger partial charge on any atom is 0.416 e. The molecule has 0 aliphatic rings. The molecular formula is C20H21F4N5O. The molecule has 160 valence electrons. The molecule has 2 N–H and O–H groups in total. The first kappa shape index (κ1) is 24.4. The second-order valence-corrected chi connectivity index (χ2v) is 5.45. The molecule has 3 aromatic heterocycles. The van der Waals surface area contributed by atoms with E-state index in [0.717, 1.165) is 12.2 Å². The van der Waals surface area contributed by atoms with Crippen LogP contribution in [0.3, 0.4) is 0 Å². The van der Waals surface area contributed by atoms with Crippen LogP contribution in [0.2, 0.25) is 0 Å². The Morgan fingerprint density at radius 2 is 1.97 bits per heavy atom. The molecule has 10 heteroatoms. The van der Waals surface area contributed by atoms with Gasteiger partial charge in [0.2, 0.25) is 5.95 Å². The molecule has 3 aromatic rings. The highest BCUT2D eigenvalue weighted by Gasteiger charge is 2.30. The summed E-state index contributed by atoms with van der Waals surface area (Å²) in [4.78, 5) is 12.6. The van der Waals surface area contributed by atoms with Crippen LogP contribution in [0.5, 0.6) is 0 Å². The molecule has 6 nitrogen and oxygen atoms in total. The normalized spacial score (nSPS) is 11.7. The lowest BCUT2D eigenvalue weighted by molar-refractivity contribution is -0.0883. The van der Waals surface area contributed by atoms with E-state index in [1.165, 1.54) is 19.3 Å². The van der Waals surface area contributed by atoms with Gasteiger partial charge < -0.3 is 14.7 Å². The van der Waals surface area contributed by atoms with Gasteiger partial charge in [-0.15, -0.1) is 12.8 Å². The van der Waals surface area contributed by atoms with Crippen molar-refractivity contribution < 1.29 is 22.0 Å². The number of fused-ring (bicyclic) bond motifs is 1. The van der Waals surface area contributed by atoms with Crippen LogP contribution in [0.15, 0.2) is 52.9 Å². The Kier molecular flexibility index (Phi) is 9.29. The third-order valence-corrected chi connectivity index (χ3v) is 3.71. The minimum Gasteiger partial charge on any atom is -0.463 e. The predicted molar refractivity (Wildman–Crippen MR) is 108 cm³/mol. The lowest BCUT2D eigenvalue weighted by Gasteiger charge is -2.06. The van der Waals surface area contributed by atoms with Crippen LogP contribution < -0.4 is 5.73 Å². The largest absolute Gasteiger partial charge is 0.463 e. The van der Waals surface area contributed by atoms with E-state index in [0.29, 0.717) is 42.8 Å². The van der Waals surface area contributed by atoms with Crippen LogP contribution >= 0.6 is 0 Å². The Hall–Kier alpha value is -3.61. The third kappa shape index (κ3) is 5.94. The zero-order chi connectivity index (χ0) is 22.7. The van der Waals surface area contributed by atoms with Crippen LogP contribution in [-0.4, -0.2) is 32.9 Å². The molecule has 0 aliphatic heterocycles. The average Bonchev–Trinajstić information content (AvgIpc) is 3.40. The first-order valence-corrected chi connectivity index (χ1v) is 8.53. The molecule has 0 aromatic carbocycles. The van der Waals surface area contributed by atoms with Gasteiger partial charge >= 0.3 is 6.18 Å². The van der Waals surface area contributed by atoms with E-state index in [2.05, 4.69) is 27.8 Å². The summed E-state index contributed by atoms with van der Waals surface area (Å²) < 4.78 is 54.6. The van der Waals surface area contributed by atoms with Gasteiger partial charge in [0.15, 0.2) is 11.4 Å². The third-order valence-electron chi connectivity index (χ3n) is 3.71. The van der Waals surface area contributed by atoms with Gasteiger partial charge in [-0.2, -0.15) is 18.2 Å². The summed E-state index contributed by atoms with van der Waals surface area (Å²) in [6, 6.07) is 3.46. The number of rotatable bonds is 5. The number of nitrogens with zero attached hydrogens (tertiary/aromatic N) is 4. The number of furan rings is 1. The molecule has 0 aliphatic carbocycles. The number of hydrogen-bond donors (Lipinski definition) is 1. The Morgan fingerprint density at radius 3 is 2.53 bits per heavy atom. The zero-order valence-electron chi connectivity index (χ0n) is 16.4. The van der Waals surface area contributed by atoms with Crippen LogP contribution in [-0.2, 0) is 6.54 Å². The van der Waals surface area contributed by atoms with Gasteiger partial charge in [0, 0.05) is 6.54 Å².